The third-order valence-corrected chi connectivity index (χ3v) is 6.51. The van der Waals surface area contributed by atoms with Crippen LogP contribution >= 0.6 is 38.6 Å². The van der Waals surface area contributed by atoms with Crippen LogP contribution in [0.1, 0.15) is 23.8 Å². The van der Waals surface area contributed by atoms with Crippen LogP contribution in [0.4, 0.5) is 5.82 Å². The van der Waals surface area contributed by atoms with Crippen LogP contribution in [0.25, 0.3) is 20.9 Å². The van der Waals surface area contributed by atoms with Crippen molar-refractivity contribution in [2.75, 3.05) is 11.9 Å². The number of halogens is 1. The van der Waals surface area contributed by atoms with Crippen molar-refractivity contribution in [3.05, 3.63) is 26.4 Å². The first-order chi connectivity index (χ1) is 10.3. The normalized spacial score (nSPS) is 13.8. The summed E-state index contributed by atoms with van der Waals surface area (Å²) in [4.78, 5) is 13.4. The summed E-state index contributed by atoms with van der Waals surface area (Å²) >= 11 is 7.03. The highest BCUT2D eigenvalue weighted by Gasteiger charge is 2.22. The maximum atomic E-state index is 4.82. The second-order valence-electron chi connectivity index (χ2n) is 5.07. The highest BCUT2D eigenvalue weighted by Crippen LogP contribution is 2.41. The molecule has 0 amide bonds. The highest BCUT2D eigenvalue weighted by molar-refractivity contribution is 9.11. The number of anilines is 1. The lowest BCUT2D eigenvalue weighted by molar-refractivity contribution is 0.917. The Balaban J connectivity index is 1.95. The Bertz CT molecular complexity index is 822. The number of hydrogen-bond donors (Lipinski definition) is 1. The van der Waals surface area contributed by atoms with E-state index in [1.807, 2.05) is 11.3 Å². The number of nitrogens with one attached hydrogen (secondary N) is 1. The van der Waals surface area contributed by atoms with Gasteiger partial charge in [0.15, 0.2) is 5.82 Å². The van der Waals surface area contributed by atoms with Gasteiger partial charge in [-0.25, -0.2) is 9.97 Å². The van der Waals surface area contributed by atoms with Gasteiger partial charge in [0, 0.05) is 11.4 Å². The number of aromatic nitrogens is 2. The van der Waals surface area contributed by atoms with Gasteiger partial charge in [-0.1, -0.05) is 0 Å². The lowest BCUT2D eigenvalue weighted by Crippen LogP contribution is -2.02. The van der Waals surface area contributed by atoms with Crippen LogP contribution in [0.2, 0.25) is 0 Å². The first-order valence-electron chi connectivity index (χ1n) is 7.08. The Kier molecular flexibility index (Phi) is 3.47. The molecule has 0 unspecified atom stereocenters. The summed E-state index contributed by atoms with van der Waals surface area (Å²) < 4.78 is 1.11. The SMILES string of the molecule is CCNc1nc(-c2ccc(Br)s2)nc2sc3c(c12)CCC3. The summed E-state index contributed by atoms with van der Waals surface area (Å²) in [5.74, 6) is 1.83. The predicted molar refractivity (Wildman–Crippen MR) is 94.6 cm³/mol. The number of hydrogen-bond acceptors (Lipinski definition) is 5. The van der Waals surface area contributed by atoms with E-state index in [4.69, 9.17) is 9.97 Å². The minimum Gasteiger partial charge on any atom is -0.370 e. The number of nitrogens with zero attached hydrogens (tertiary/aromatic N) is 2. The average molecular weight is 380 g/mol. The molecule has 0 saturated carbocycles. The highest BCUT2D eigenvalue weighted by atomic mass is 79.9. The van der Waals surface area contributed by atoms with E-state index in [2.05, 4.69) is 40.3 Å². The van der Waals surface area contributed by atoms with Crippen LogP contribution in [0.5, 0.6) is 0 Å². The van der Waals surface area contributed by atoms with Crippen molar-refractivity contribution < 1.29 is 0 Å². The molecule has 21 heavy (non-hydrogen) atoms. The first kappa shape index (κ1) is 13.7. The molecule has 3 heterocycles. The number of aryl methyl sites for hydroxylation is 2. The molecule has 0 bridgehead atoms. The summed E-state index contributed by atoms with van der Waals surface area (Å²) in [6.45, 7) is 2.99. The van der Waals surface area contributed by atoms with Gasteiger partial charge in [-0.05, 0) is 59.8 Å². The molecule has 0 spiro atoms. The predicted octanol–water partition coefficient (Wildman–Crippen LogP) is 5.10. The van der Waals surface area contributed by atoms with Gasteiger partial charge in [-0.3, -0.25) is 0 Å². The molecule has 6 heteroatoms. The summed E-state index contributed by atoms with van der Waals surface area (Å²) in [5.41, 5.74) is 1.48. The lowest BCUT2D eigenvalue weighted by atomic mass is 10.2. The maximum absolute atomic E-state index is 4.82. The Morgan fingerprint density at radius 2 is 2.14 bits per heavy atom. The van der Waals surface area contributed by atoms with Crippen molar-refractivity contribution in [3.8, 4) is 10.7 Å². The zero-order valence-corrected chi connectivity index (χ0v) is 14.8. The van der Waals surface area contributed by atoms with E-state index in [-0.39, 0.29) is 0 Å². The van der Waals surface area contributed by atoms with Crippen molar-refractivity contribution in [1.82, 2.24) is 9.97 Å². The van der Waals surface area contributed by atoms with Gasteiger partial charge < -0.3 is 5.32 Å². The van der Waals surface area contributed by atoms with Crippen molar-refractivity contribution in [2.24, 2.45) is 0 Å². The smallest absolute Gasteiger partial charge is 0.173 e. The van der Waals surface area contributed by atoms with Crippen LogP contribution in [-0.2, 0) is 12.8 Å². The molecule has 1 N–H and O–H groups in total. The third-order valence-electron chi connectivity index (χ3n) is 3.70. The second kappa shape index (κ2) is 5.34. The Morgan fingerprint density at radius 1 is 1.24 bits per heavy atom. The molecule has 0 aromatic carbocycles. The molecule has 0 radical (unpaired) electrons. The van der Waals surface area contributed by atoms with Crippen LogP contribution < -0.4 is 5.32 Å². The molecule has 0 aliphatic heterocycles. The second-order valence-corrected chi connectivity index (χ2v) is 8.61. The molecule has 0 atom stereocenters. The van der Waals surface area contributed by atoms with E-state index in [0.29, 0.717) is 0 Å². The molecule has 0 fully saturated rings. The van der Waals surface area contributed by atoms with Crippen molar-refractivity contribution in [3.63, 3.8) is 0 Å². The van der Waals surface area contributed by atoms with E-state index < -0.39 is 0 Å². The van der Waals surface area contributed by atoms with Crippen LogP contribution in [-0.4, -0.2) is 16.5 Å². The van der Waals surface area contributed by atoms with Crippen molar-refractivity contribution in [1.29, 1.82) is 0 Å². The van der Waals surface area contributed by atoms with E-state index in [1.54, 1.807) is 11.3 Å². The van der Waals surface area contributed by atoms with E-state index in [0.717, 1.165) is 31.7 Å². The average Bonchev–Trinajstić information content (AvgIpc) is 3.13. The molecule has 1 aliphatic rings. The standard InChI is InChI=1S/C15H14BrN3S2/c1-2-17-14-12-8-4-3-5-9(8)21-15(12)19-13(18-14)10-6-7-11(16)20-10/h6-7H,2-5H2,1H3,(H,17,18,19). The number of fused-ring (bicyclic) bond motifs is 3. The minimum atomic E-state index is 0.828. The zero-order valence-electron chi connectivity index (χ0n) is 11.6. The number of thiophene rings is 2. The Morgan fingerprint density at radius 3 is 2.90 bits per heavy atom. The molecule has 3 aromatic heterocycles. The van der Waals surface area contributed by atoms with Crippen molar-refractivity contribution in [2.45, 2.75) is 26.2 Å². The maximum Gasteiger partial charge on any atom is 0.173 e. The molecule has 0 saturated heterocycles. The lowest BCUT2D eigenvalue weighted by Gasteiger charge is -2.07. The molecule has 108 valence electrons. The molecule has 3 aromatic rings. The fourth-order valence-corrected chi connectivity index (χ4v) is 5.42. The van der Waals surface area contributed by atoms with Gasteiger partial charge in [0.05, 0.1) is 14.0 Å². The third kappa shape index (κ3) is 2.29. The molecular weight excluding hydrogens is 366 g/mol. The van der Waals surface area contributed by atoms with Crippen LogP contribution in [0, 0.1) is 0 Å². The van der Waals surface area contributed by atoms with Gasteiger partial charge in [-0.2, -0.15) is 0 Å². The number of rotatable bonds is 3. The van der Waals surface area contributed by atoms with Gasteiger partial charge in [0.2, 0.25) is 0 Å². The van der Waals surface area contributed by atoms with Gasteiger partial charge in [-0.15, -0.1) is 22.7 Å². The fraction of sp³-hybridized carbons (Fsp3) is 0.333. The Labute approximate surface area is 139 Å². The first-order valence-corrected chi connectivity index (χ1v) is 9.50. The summed E-state index contributed by atoms with van der Waals surface area (Å²) in [5, 5.41) is 4.69. The largest absolute Gasteiger partial charge is 0.370 e. The van der Waals surface area contributed by atoms with E-state index in [9.17, 15) is 0 Å². The van der Waals surface area contributed by atoms with Crippen LogP contribution in [0.3, 0.4) is 0 Å². The van der Waals surface area contributed by atoms with Crippen molar-refractivity contribution >= 4 is 54.6 Å². The minimum absolute atomic E-state index is 0.828. The topological polar surface area (TPSA) is 37.8 Å². The summed E-state index contributed by atoms with van der Waals surface area (Å²) in [7, 11) is 0. The van der Waals surface area contributed by atoms with Gasteiger partial charge >= 0.3 is 0 Å². The summed E-state index contributed by atoms with van der Waals surface area (Å²) in [6, 6.07) is 4.13. The van der Waals surface area contributed by atoms with E-state index >= 15 is 0 Å². The van der Waals surface area contributed by atoms with Crippen LogP contribution in [0.15, 0.2) is 15.9 Å². The quantitative estimate of drug-likeness (QED) is 0.687. The molecular formula is C15H14BrN3S2. The molecule has 4 rings (SSSR count). The fourth-order valence-electron chi connectivity index (χ4n) is 2.84. The van der Waals surface area contributed by atoms with Gasteiger partial charge in [0.25, 0.3) is 0 Å². The van der Waals surface area contributed by atoms with Gasteiger partial charge in [0.1, 0.15) is 10.6 Å². The summed E-state index contributed by atoms with van der Waals surface area (Å²) in [6.07, 6.45) is 3.63. The molecule has 1 aliphatic carbocycles. The van der Waals surface area contributed by atoms with E-state index in [1.165, 1.54) is 35.1 Å². The Hall–Kier alpha value is -0.980. The monoisotopic (exact) mass is 379 g/mol. The molecule has 3 nitrogen and oxygen atoms in total. The zero-order chi connectivity index (χ0) is 14.4.